The highest BCUT2D eigenvalue weighted by Crippen LogP contribution is 2.21. The van der Waals surface area contributed by atoms with Crippen LogP contribution in [0.3, 0.4) is 0 Å². The summed E-state index contributed by atoms with van der Waals surface area (Å²) in [4.78, 5) is 0. The maximum Gasteiger partial charge on any atom is 0.245 e. The van der Waals surface area contributed by atoms with E-state index < -0.39 is 0 Å². The minimum atomic E-state index is 0.288. The Labute approximate surface area is 66.2 Å². The maximum atomic E-state index is 5.50. The van der Waals surface area contributed by atoms with Crippen molar-refractivity contribution < 1.29 is 9.30 Å². The average molecular weight is 153 g/mol. The van der Waals surface area contributed by atoms with Crippen molar-refractivity contribution in [1.29, 1.82) is 0 Å². The fourth-order valence-electron chi connectivity index (χ4n) is 1.44. The Balaban J connectivity index is 2.15. The second-order valence-electron chi connectivity index (χ2n) is 2.99. The Morgan fingerprint density at radius 2 is 2.55 bits per heavy atom. The molecule has 3 nitrogen and oxygen atoms in total. The van der Waals surface area contributed by atoms with E-state index in [1.807, 2.05) is 17.8 Å². The van der Waals surface area contributed by atoms with E-state index in [1.54, 1.807) is 0 Å². The minimum Gasteiger partial charge on any atom is -0.339 e. The van der Waals surface area contributed by atoms with Gasteiger partial charge in [0, 0.05) is 6.42 Å². The fourth-order valence-corrected chi connectivity index (χ4v) is 1.44. The molecule has 1 unspecified atom stereocenters. The van der Waals surface area contributed by atoms with Crippen LogP contribution in [0.5, 0.6) is 0 Å². The molecule has 3 heteroatoms. The van der Waals surface area contributed by atoms with Crippen LogP contribution in [0.15, 0.2) is 18.7 Å². The molecule has 0 amide bonds. The molecule has 0 N–H and O–H groups in total. The van der Waals surface area contributed by atoms with Crippen molar-refractivity contribution >= 4 is 0 Å². The average Bonchev–Trinajstić information content (AvgIpc) is 2.55. The van der Waals surface area contributed by atoms with Crippen LogP contribution >= 0.6 is 0 Å². The summed E-state index contributed by atoms with van der Waals surface area (Å²) in [5.74, 6) is 0. The molecule has 1 atom stereocenters. The molecule has 0 spiro atoms. The molecule has 1 aromatic heterocycles. The number of rotatable bonds is 1. The number of imidazole rings is 1. The lowest BCUT2D eigenvalue weighted by molar-refractivity contribution is -0.671. The van der Waals surface area contributed by atoms with Gasteiger partial charge in [-0.1, -0.05) is 0 Å². The van der Waals surface area contributed by atoms with Crippen LogP contribution in [0.1, 0.15) is 19.1 Å². The van der Waals surface area contributed by atoms with E-state index in [0.29, 0.717) is 0 Å². The van der Waals surface area contributed by atoms with E-state index >= 15 is 0 Å². The molecule has 0 saturated carbocycles. The number of nitrogens with zero attached hydrogens (tertiary/aromatic N) is 2. The second-order valence-corrected chi connectivity index (χ2v) is 2.99. The largest absolute Gasteiger partial charge is 0.339 e. The number of hydrogen-bond donors (Lipinski definition) is 0. The Bertz CT molecular complexity index is 238. The van der Waals surface area contributed by atoms with Gasteiger partial charge in [-0.25, -0.2) is 9.13 Å². The minimum absolute atomic E-state index is 0.288. The first-order valence-electron chi connectivity index (χ1n) is 4.00. The second kappa shape index (κ2) is 2.66. The van der Waals surface area contributed by atoms with Crippen LogP contribution in [-0.2, 0) is 11.8 Å². The predicted octanol–water partition coefficient (Wildman–Crippen LogP) is 0.622. The Hall–Kier alpha value is -0.830. The topological polar surface area (TPSA) is 18.0 Å². The fraction of sp³-hybridized carbons (Fsp3) is 0.625. The molecule has 60 valence electrons. The van der Waals surface area contributed by atoms with Crippen LogP contribution in [-0.4, -0.2) is 11.2 Å². The molecular formula is C8H13N2O+. The maximum absolute atomic E-state index is 5.50. The highest BCUT2D eigenvalue weighted by Gasteiger charge is 2.21. The van der Waals surface area contributed by atoms with Gasteiger partial charge in [-0.3, -0.25) is 0 Å². The molecule has 0 aliphatic carbocycles. The molecule has 2 heterocycles. The van der Waals surface area contributed by atoms with Crippen LogP contribution < -0.4 is 4.57 Å². The molecule has 1 aliphatic rings. The van der Waals surface area contributed by atoms with Gasteiger partial charge in [-0.05, 0) is 6.42 Å². The highest BCUT2D eigenvalue weighted by atomic mass is 16.5. The number of aromatic nitrogens is 2. The summed E-state index contributed by atoms with van der Waals surface area (Å²) >= 11 is 0. The van der Waals surface area contributed by atoms with Gasteiger partial charge in [0.25, 0.3) is 0 Å². The first kappa shape index (κ1) is 6.85. The van der Waals surface area contributed by atoms with E-state index in [0.717, 1.165) is 13.0 Å². The van der Waals surface area contributed by atoms with E-state index in [2.05, 4.69) is 17.1 Å². The van der Waals surface area contributed by atoms with Gasteiger partial charge >= 0.3 is 0 Å². The third-order valence-electron chi connectivity index (χ3n) is 2.03. The van der Waals surface area contributed by atoms with Crippen molar-refractivity contribution in [2.75, 3.05) is 6.61 Å². The molecule has 0 bridgehead atoms. The summed E-state index contributed by atoms with van der Waals surface area (Å²) in [6.07, 6.45) is 8.76. The van der Waals surface area contributed by atoms with Gasteiger partial charge in [0.1, 0.15) is 12.4 Å². The SMILES string of the molecule is C[n+]1ccn(C2CCCO2)c1. The summed E-state index contributed by atoms with van der Waals surface area (Å²) in [7, 11) is 2.02. The Morgan fingerprint density at radius 1 is 1.64 bits per heavy atom. The van der Waals surface area contributed by atoms with E-state index in [4.69, 9.17) is 4.74 Å². The number of aryl methyl sites for hydroxylation is 1. The van der Waals surface area contributed by atoms with Crippen LogP contribution in [0, 0.1) is 0 Å². The zero-order valence-corrected chi connectivity index (χ0v) is 6.73. The van der Waals surface area contributed by atoms with Crippen molar-refractivity contribution in [2.45, 2.75) is 19.1 Å². The van der Waals surface area contributed by atoms with Gasteiger partial charge in [0.15, 0.2) is 0 Å². The van der Waals surface area contributed by atoms with Gasteiger partial charge in [0.2, 0.25) is 12.6 Å². The Kier molecular flexibility index (Phi) is 1.66. The summed E-state index contributed by atoms with van der Waals surface area (Å²) in [6, 6.07) is 0. The van der Waals surface area contributed by atoms with Crippen LogP contribution in [0.25, 0.3) is 0 Å². The summed E-state index contributed by atoms with van der Waals surface area (Å²) in [5, 5.41) is 0. The van der Waals surface area contributed by atoms with Crippen molar-refractivity contribution in [3.63, 3.8) is 0 Å². The molecule has 11 heavy (non-hydrogen) atoms. The van der Waals surface area contributed by atoms with E-state index in [9.17, 15) is 0 Å². The lowest BCUT2D eigenvalue weighted by Crippen LogP contribution is -2.24. The van der Waals surface area contributed by atoms with Crippen molar-refractivity contribution in [1.82, 2.24) is 4.57 Å². The van der Waals surface area contributed by atoms with E-state index in [1.165, 1.54) is 6.42 Å². The highest BCUT2D eigenvalue weighted by molar-refractivity contribution is 4.72. The smallest absolute Gasteiger partial charge is 0.245 e. The predicted molar refractivity (Wildman–Crippen MR) is 39.8 cm³/mol. The van der Waals surface area contributed by atoms with Gasteiger partial charge in [-0.15, -0.1) is 0 Å². The molecule has 0 radical (unpaired) electrons. The van der Waals surface area contributed by atoms with Crippen LogP contribution in [0.2, 0.25) is 0 Å². The first-order valence-corrected chi connectivity index (χ1v) is 4.00. The van der Waals surface area contributed by atoms with Gasteiger partial charge in [-0.2, -0.15) is 0 Å². The normalized spacial score (nSPS) is 24.3. The van der Waals surface area contributed by atoms with E-state index in [-0.39, 0.29) is 6.23 Å². The van der Waals surface area contributed by atoms with Crippen molar-refractivity contribution in [3.8, 4) is 0 Å². The Morgan fingerprint density at radius 3 is 3.09 bits per heavy atom. The lowest BCUT2D eigenvalue weighted by Gasteiger charge is -2.02. The molecule has 1 aliphatic heterocycles. The summed E-state index contributed by atoms with van der Waals surface area (Å²) < 4.78 is 9.65. The monoisotopic (exact) mass is 153 g/mol. The lowest BCUT2D eigenvalue weighted by atomic mass is 10.3. The molecule has 1 aromatic rings. The third-order valence-corrected chi connectivity index (χ3v) is 2.03. The molecule has 2 rings (SSSR count). The third kappa shape index (κ3) is 1.28. The standard InChI is InChI=1S/C8H13N2O/c1-9-4-5-10(7-9)8-3-2-6-11-8/h4-5,7-8H,2-3,6H2,1H3/q+1. The summed E-state index contributed by atoms with van der Waals surface area (Å²) in [5.41, 5.74) is 0. The molecule has 1 saturated heterocycles. The van der Waals surface area contributed by atoms with Crippen LogP contribution in [0.4, 0.5) is 0 Å². The molecule has 0 aromatic carbocycles. The van der Waals surface area contributed by atoms with Crippen molar-refractivity contribution in [3.05, 3.63) is 18.7 Å². The number of hydrogen-bond acceptors (Lipinski definition) is 1. The number of ether oxygens (including phenoxy) is 1. The van der Waals surface area contributed by atoms with Gasteiger partial charge in [0.05, 0.1) is 13.7 Å². The summed E-state index contributed by atoms with van der Waals surface area (Å²) in [6.45, 7) is 0.909. The zero-order chi connectivity index (χ0) is 7.68. The quantitative estimate of drug-likeness (QED) is 0.541. The van der Waals surface area contributed by atoms with Crippen molar-refractivity contribution in [2.24, 2.45) is 7.05 Å². The first-order chi connectivity index (χ1) is 5.36. The molecular weight excluding hydrogens is 140 g/mol. The molecule has 1 fully saturated rings. The van der Waals surface area contributed by atoms with Gasteiger partial charge < -0.3 is 4.74 Å². The zero-order valence-electron chi connectivity index (χ0n) is 6.73.